The smallest absolute Gasteiger partial charge is 0.0952 e. The Kier molecular flexibility index (Phi) is 5.70. The molecule has 0 aliphatic rings. The minimum atomic E-state index is -0.787. The van der Waals surface area contributed by atoms with Gasteiger partial charge in [-0.15, -0.1) is 0 Å². The van der Waals surface area contributed by atoms with Crippen molar-refractivity contribution in [3.05, 3.63) is 48.0 Å². The van der Waals surface area contributed by atoms with Crippen molar-refractivity contribution >= 4 is 0 Å². The molecule has 0 heterocycles. The largest absolute Gasteiger partial charge is 0.393 e. The highest BCUT2D eigenvalue weighted by atomic mass is 16.5. The summed E-state index contributed by atoms with van der Waals surface area (Å²) in [5.41, 5.74) is 1.12. The van der Waals surface area contributed by atoms with E-state index in [0.717, 1.165) is 5.56 Å². The molecule has 1 atom stereocenters. The summed E-state index contributed by atoms with van der Waals surface area (Å²) >= 11 is 0. The molecule has 0 unspecified atom stereocenters. The van der Waals surface area contributed by atoms with Crippen LogP contribution in [0.2, 0.25) is 0 Å². The van der Waals surface area contributed by atoms with E-state index in [1.165, 1.54) is 6.08 Å². The second kappa shape index (κ2) is 7.17. The molecule has 0 amide bonds. The summed E-state index contributed by atoms with van der Waals surface area (Å²) in [7, 11) is 0. The summed E-state index contributed by atoms with van der Waals surface area (Å²) in [6.45, 7) is 0.738. The molecule has 1 aromatic rings. The van der Waals surface area contributed by atoms with E-state index in [9.17, 15) is 0 Å². The molecule has 0 saturated heterocycles. The van der Waals surface area contributed by atoms with Gasteiger partial charge in [-0.3, -0.25) is 0 Å². The molecule has 3 heteroatoms. The monoisotopic (exact) mass is 208 g/mol. The average molecular weight is 208 g/mol. The van der Waals surface area contributed by atoms with Crippen molar-refractivity contribution < 1.29 is 14.9 Å². The Balaban J connectivity index is 2.15. The number of hydrogen-bond acceptors (Lipinski definition) is 3. The van der Waals surface area contributed by atoms with E-state index in [2.05, 4.69) is 0 Å². The lowest BCUT2D eigenvalue weighted by molar-refractivity contribution is 0.126. The first kappa shape index (κ1) is 11.9. The fraction of sp³-hybridized carbons (Fsp3) is 0.333. The van der Waals surface area contributed by atoms with Gasteiger partial charge in [0.15, 0.2) is 0 Å². The topological polar surface area (TPSA) is 49.7 Å². The Bertz CT molecular complexity index is 282. The van der Waals surface area contributed by atoms with E-state index in [1.807, 2.05) is 30.3 Å². The van der Waals surface area contributed by atoms with Crippen LogP contribution in [0.1, 0.15) is 5.56 Å². The lowest BCUT2D eigenvalue weighted by atomic mass is 10.2. The predicted molar refractivity (Wildman–Crippen MR) is 58.3 cm³/mol. The van der Waals surface area contributed by atoms with Crippen LogP contribution in [0.25, 0.3) is 0 Å². The fourth-order valence-corrected chi connectivity index (χ4v) is 1.09. The second-order valence-corrected chi connectivity index (χ2v) is 3.18. The molecule has 15 heavy (non-hydrogen) atoms. The summed E-state index contributed by atoms with van der Waals surface area (Å²) in [6, 6.07) is 9.87. The van der Waals surface area contributed by atoms with E-state index in [0.29, 0.717) is 13.2 Å². The Morgan fingerprint density at radius 2 is 2.00 bits per heavy atom. The summed E-state index contributed by atoms with van der Waals surface area (Å²) in [4.78, 5) is 0. The molecular weight excluding hydrogens is 192 g/mol. The lowest BCUT2D eigenvalue weighted by Crippen LogP contribution is -2.07. The quantitative estimate of drug-likeness (QED) is 0.544. The van der Waals surface area contributed by atoms with Crippen molar-refractivity contribution in [1.29, 1.82) is 0 Å². The number of hydrogen-bond donors (Lipinski definition) is 2. The van der Waals surface area contributed by atoms with Crippen molar-refractivity contribution in [3.8, 4) is 0 Å². The molecule has 0 bridgehead atoms. The number of aliphatic hydroxyl groups is 2. The molecule has 0 fully saturated rings. The van der Waals surface area contributed by atoms with Gasteiger partial charge >= 0.3 is 0 Å². The van der Waals surface area contributed by atoms with Gasteiger partial charge in [0.2, 0.25) is 0 Å². The molecule has 1 aromatic carbocycles. The first-order chi connectivity index (χ1) is 7.33. The molecule has 82 valence electrons. The average Bonchev–Trinajstić information content (AvgIpc) is 2.29. The molecule has 2 N–H and O–H groups in total. The van der Waals surface area contributed by atoms with Crippen LogP contribution in [0, 0.1) is 0 Å². The highest BCUT2D eigenvalue weighted by Crippen LogP contribution is 2.00. The third-order valence-corrected chi connectivity index (χ3v) is 1.87. The van der Waals surface area contributed by atoms with Crippen LogP contribution >= 0.6 is 0 Å². The van der Waals surface area contributed by atoms with E-state index in [4.69, 9.17) is 14.9 Å². The zero-order chi connectivity index (χ0) is 10.9. The predicted octanol–water partition coefficient (Wildman–Crippen LogP) is 1.11. The third kappa shape index (κ3) is 5.32. The maximum Gasteiger partial charge on any atom is 0.0952 e. The summed E-state index contributed by atoms with van der Waals surface area (Å²) in [5.74, 6) is 0. The molecule has 0 aliphatic heterocycles. The van der Waals surface area contributed by atoms with Crippen LogP contribution in [0.3, 0.4) is 0 Å². The van der Waals surface area contributed by atoms with Gasteiger partial charge in [0.05, 0.1) is 25.9 Å². The fourth-order valence-electron chi connectivity index (χ4n) is 1.09. The van der Waals surface area contributed by atoms with E-state index in [-0.39, 0.29) is 6.61 Å². The van der Waals surface area contributed by atoms with Crippen molar-refractivity contribution in [2.24, 2.45) is 0 Å². The Morgan fingerprint density at radius 1 is 1.27 bits per heavy atom. The lowest BCUT2D eigenvalue weighted by Gasteiger charge is -2.01. The number of benzene rings is 1. The highest BCUT2D eigenvalue weighted by Gasteiger charge is 1.93. The maximum atomic E-state index is 8.98. The SMILES string of the molecule is OC[C@@H](O)/C=C/COCc1ccccc1. The maximum absolute atomic E-state index is 8.98. The molecule has 1 rings (SSSR count). The van der Waals surface area contributed by atoms with Crippen LogP contribution in [-0.2, 0) is 11.3 Å². The van der Waals surface area contributed by atoms with Gasteiger partial charge in [0.1, 0.15) is 0 Å². The van der Waals surface area contributed by atoms with Crippen molar-refractivity contribution in [2.45, 2.75) is 12.7 Å². The molecule has 0 spiro atoms. The van der Waals surface area contributed by atoms with E-state index < -0.39 is 6.10 Å². The Morgan fingerprint density at radius 3 is 2.67 bits per heavy atom. The minimum Gasteiger partial charge on any atom is -0.393 e. The Labute approximate surface area is 89.6 Å². The molecule has 3 nitrogen and oxygen atoms in total. The zero-order valence-electron chi connectivity index (χ0n) is 8.54. The van der Waals surface area contributed by atoms with Gasteiger partial charge in [0, 0.05) is 0 Å². The van der Waals surface area contributed by atoms with Crippen LogP contribution in [0.15, 0.2) is 42.5 Å². The first-order valence-corrected chi connectivity index (χ1v) is 4.90. The van der Waals surface area contributed by atoms with Gasteiger partial charge < -0.3 is 14.9 Å². The normalized spacial score (nSPS) is 13.2. The van der Waals surface area contributed by atoms with E-state index in [1.54, 1.807) is 6.08 Å². The number of ether oxygens (including phenoxy) is 1. The van der Waals surface area contributed by atoms with E-state index >= 15 is 0 Å². The van der Waals surface area contributed by atoms with Crippen molar-refractivity contribution in [3.63, 3.8) is 0 Å². The summed E-state index contributed by atoms with van der Waals surface area (Å²) in [6.07, 6.45) is 2.43. The van der Waals surface area contributed by atoms with Crippen LogP contribution in [-0.4, -0.2) is 29.5 Å². The summed E-state index contributed by atoms with van der Waals surface area (Å²) < 4.78 is 5.34. The molecule has 0 aliphatic carbocycles. The van der Waals surface area contributed by atoms with Gasteiger partial charge in [-0.05, 0) is 5.56 Å². The first-order valence-electron chi connectivity index (χ1n) is 4.90. The van der Waals surface area contributed by atoms with Gasteiger partial charge in [-0.1, -0.05) is 42.5 Å². The second-order valence-electron chi connectivity index (χ2n) is 3.18. The van der Waals surface area contributed by atoms with Crippen molar-refractivity contribution in [2.75, 3.05) is 13.2 Å². The molecule has 0 aromatic heterocycles. The van der Waals surface area contributed by atoms with Gasteiger partial charge in [0.25, 0.3) is 0 Å². The molecule has 0 radical (unpaired) electrons. The van der Waals surface area contributed by atoms with Gasteiger partial charge in [-0.25, -0.2) is 0 Å². The van der Waals surface area contributed by atoms with Crippen molar-refractivity contribution in [1.82, 2.24) is 0 Å². The third-order valence-electron chi connectivity index (χ3n) is 1.87. The van der Waals surface area contributed by atoms with Crippen LogP contribution in [0.5, 0.6) is 0 Å². The summed E-state index contributed by atoms with van der Waals surface area (Å²) in [5, 5.41) is 17.5. The Hall–Kier alpha value is -1.16. The van der Waals surface area contributed by atoms with Crippen LogP contribution in [0.4, 0.5) is 0 Å². The highest BCUT2D eigenvalue weighted by molar-refractivity contribution is 5.13. The molecular formula is C12H16O3. The van der Waals surface area contributed by atoms with Crippen LogP contribution < -0.4 is 0 Å². The standard InChI is InChI=1S/C12H16O3/c13-9-12(14)7-4-8-15-10-11-5-2-1-3-6-11/h1-7,12-14H,8-10H2/b7-4+/t12-/m0/s1. The minimum absolute atomic E-state index is 0.255. The zero-order valence-corrected chi connectivity index (χ0v) is 8.54. The van der Waals surface area contributed by atoms with Gasteiger partial charge in [-0.2, -0.15) is 0 Å². The number of aliphatic hydroxyl groups excluding tert-OH is 2. The molecule has 0 saturated carbocycles. The number of rotatable bonds is 6.